The van der Waals surface area contributed by atoms with E-state index in [1.165, 1.54) is 54.6 Å². The fraction of sp³-hybridized carbons (Fsp3) is 0.500. The molecule has 2 rings (SSSR count). The van der Waals surface area contributed by atoms with Crippen LogP contribution in [-0.2, 0) is 27.3 Å². The van der Waals surface area contributed by atoms with Crippen LogP contribution < -0.4 is 4.74 Å². The van der Waals surface area contributed by atoms with E-state index in [1.54, 1.807) is 6.92 Å². The molecule has 1 unspecified atom stereocenters. The van der Waals surface area contributed by atoms with Crippen molar-refractivity contribution in [3.05, 3.63) is 65.7 Å². The normalized spacial score (nSPS) is 14.0. The monoisotopic (exact) mass is 719 g/mol. The first-order valence-electron chi connectivity index (χ1n) is 13.4. The average Bonchev–Trinajstić information content (AvgIpc) is 2.99. The van der Waals surface area contributed by atoms with Crippen LogP contribution in [-0.4, -0.2) is 90.3 Å². The SMILES string of the molecule is CCOC(Cc1ccc(OCCN(CC(F)(F)C(F)(F)C(F)(F)C(F)(F)C(F)(F)C(F)(F)F)C(=O)OCc2ccccc2)cc1)C(=O)O. The van der Waals surface area contributed by atoms with Gasteiger partial charge in [-0.1, -0.05) is 42.5 Å². The number of carboxylic acids is 1. The van der Waals surface area contributed by atoms with Gasteiger partial charge >= 0.3 is 47.9 Å². The molecule has 0 heterocycles. The number of carbonyl (C=O) groups is 2. The van der Waals surface area contributed by atoms with Crippen molar-refractivity contribution in [3.8, 4) is 5.75 Å². The molecule has 0 saturated heterocycles. The average molecular weight is 719 g/mol. The van der Waals surface area contributed by atoms with Gasteiger partial charge in [0.2, 0.25) is 0 Å². The Balaban J connectivity index is 2.30. The second-order valence-electron chi connectivity index (χ2n) is 9.94. The lowest BCUT2D eigenvalue weighted by Crippen LogP contribution is -2.71. The summed E-state index contributed by atoms with van der Waals surface area (Å²) in [6.07, 6.45) is -10.8. The molecule has 0 fully saturated rings. The van der Waals surface area contributed by atoms with E-state index in [4.69, 9.17) is 14.6 Å². The highest BCUT2D eigenvalue weighted by Gasteiger charge is 2.90. The van der Waals surface area contributed by atoms with Crippen molar-refractivity contribution in [2.75, 3.05) is 26.3 Å². The lowest BCUT2D eigenvalue weighted by molar-refractivity contribution is -0.440. The maximum Gasteiger partial charge on any atom is 0.460 e. The first-order valence-corrected chi connectivity index (χ1v) is 13.4. The summed E-state index contributed by atoms with van der Waals surface area (Å²) in [4.78, 5) is 23.4. The number of nitrogens with zero attached hydrogens (tertiary/aromatic N) is 1. The van der Waals surface area contributed by atoms with Crippen LogP contribution in [0.25, 0.3) is 0 Å². The number of carbonyl (C=O) groups excluding carboxylic acids is 1. The topological polar surface area (TPSA) is 85.3 Å². The first kappa shape index (κ1) is 40.2. The molecule has 1 N–H and O–H groups in total. The summed E-state index contributed by atoms with van der Waals surface area (Å²) in [5.74, 6) is -39.6. The molecule has 2 aromatic rings. The number of rotatable bonds is 17. The highest BCUT2D eigenvalue weighted by molar-refractivity contribution is 5.72. The molecule has 2 aromatic carbocycles. The molecule has 270 valence electrons. The van der Waals surface area contributed by atoms with Gasteiger partial charge in [0.05, 0.1) is 13.1 Å². The molecular weight excluding hydrogens is 693 g/mol. The van der Waals surface area contributed by atoms with Crippen LogP contribution in [0.5, 0.6) is 5.75 Å². The summed E-state index contributed by atoms with van der Waals surface area (Å²) in [5, 5.41) is 9.17. The third-order valence-corrected chi connectivity index (χ3v) is 6.47. The van der Waals surface area contributed by atoms with Crippen LogP contribution in [0.4, 0.5) is 61.9 Å². The van der Waals surface area contributed by atoms with Crippen molar-refractivity contribution in [2.24, 2.45) is 0 Å². The zero-order valence-corrected chi connectivity index (χ0v) is 24.4. The summed E-state index contributed by atoms with van der Waals surface area (Å²) < 4.78 is 192. The Morgan fingerprint density at radius 2 is 1.29 bits per heavy atom. The Morgan fingerprint density at radius 3 is 1.79 bits per heavy atom. The predicted octanol–water partition coefficient (Wildman–Crippen LogP) is 7.48. The summed E-state index contributed by atoms with van der Waals surface area (Å²) >= 11 is 0. The Hall–Kier alpha value is -3.97. The number of aliphatic carboxylic acids is 1. The number of halogens is 13. The van der Waals surface area contributed by atoms with E-state index < -0.39 is 85.2 Å². The van der Waals surface area contributed by atoms with Crippen molar-refractivity contribution in [1.29, 1.82) is 0 Å². The molecule has 7 nitrogen and oxygen atoms in total. The lowest BCUT2D eigenvalue weighted by atomic mass is 9.93. The zero-order chi connectivity index (χ0) is 36.8. The van der Waals surface area contributed by atoms with E-state index in [0.29, 0.717) is 5.56 Å². The first-order chi connectivity index (χ1) is 21.9. The Kier molecular flexibility index (Phi) is 12.6. The van der Waals surface area contributed by atoms with E-state index in [1.807, 2.05) is 0 Å². The zero-order valence-electron chi connectivity index (χ0n) is 24.4. The summed E-state index contributed by atoms with van der Waals surface area (Å²) in [7, 11) is 0. The van der Waals surface area contributed by atoms with E-state index in [2.05, 4.69) is 4.74 Å². The predicted molar refractivity (Wildman–Crippen MR) is 138 cm³/mol. The molecule has 0 saturated carbocycles. The van der Waals surface area contributed by atoms with Crippen LogP contribution in [0, 0.1) is 0 Å². The maximum absolute atomic E-state index is 14.7. The minimum atomic E-state index is -8.09. The molecule has 0 bridgehead atoms. The quantitative estimate of drug-likeness (QED) is 0.171. The van der Waals surface area contributed by atoms with Gasteiger partial charge in [0, 0.05) is 13.0 Å². The van der Waals surface area contributed by atoms with E-state index in [0.717, 1.165) is 0 Å². The van der Waals surface area contributed by atoms with Gasteiger partial charge in [-0.15, -0.1) is 0 Å². The fourth-order valence-electron chi connectivity index (χ4n) is 3.81. The van der Waals surface area contributed by atoms with Gasteiger partial charge in [-0.2, -0.15) is 57.1 Å². The number of ether oxygens (including phenoxy) is 3. The van der Waals surface area contributed by atoms with Crippen molar-refractivity contribution in [2.45, 2.75) is 61.8 Å². The van der Waals surface area contributed by atoms with Crippen LogP contribution >= 0.6 is 0 Å². The molecule has 0 spiro atoms. The van der Waals surface area contributed by atoms with Gasteiger partial charge in [-0.25, -0.2) is 9.59 Å². The van der Waals surface area contributed by atoms with Crippen LogP contribution in [0.3, 0.4) is 0 Å². The van der Waals surface area contributed by atoms with Crippen molar-refractivity contribution < 1.29 is 86.0 Å². The number of carboxylic acid groups (broad SMARTS) is 1. The fourth-order valence-corrected chi connectivity index (χ4v) is 3.81. The van der Waals surface area contributed by atoms with E-state index in [-0.39, 0.29) is 24.3 Å². The standard InChI is InChI=1S/C28H26F13NO6/c1-2-46-20(21(43)44)14-17-8-10-19(11-9-17)47-13-12-42(22(45)48-15-18-6-4-3-5-7-18)16-23(29,30)24(31,32)25(33,34)26(35,36)27(37,38)28(39,40)41/h3-11,20H,2,12-16H2,1H3,(H,43,44). The van der Waals surface area contributed by atoms with Gasteiger partial charge in [0.1, 0.15) is 19.0 Å². The van der Waals surface area contributed by atoms with Gasteiger partial charge in [-0.3, -0.25) is 4.90 Å². The second kappa shape index (κ2) is 15.1. The largest absolute Gasteiger partial charge is 0.492 e. The number of benzene rings is 2. The summed E-state index contributed by atoms with van der Waals surface area (Å²) in [6, 6.07) is 12.1. The second-order valence-corrected chi connectivity index (χ2v) is 9.94. The highest BCUT2D eigenvalue weighted by atomic mass is 19.4. The lowest BCUT2D eigenvalue weighted by Gasteiger charge is -2.40. The molecule has 20 heteroatoms. The Labute approximate surface area is 263 Å². The van der Waals surface area contributed by atoms with Gasteiger partial charge in [-0.05, 0) is 30.2 Å². The molecule has 0 aromatic heterocycles. The van der Waals surface area contributed by atoms with Gasteiger partial charge in [0.25, 0.3) is 0 Å². The van der Waals surface area contributed by atoms with Crippen molar-refractivity contribution >= 4 is 12.1 Å². The third-order valence-electron chi connectivity index (χ3n) is 6.47. The molecule has 0 radical (unpaired) electrons. The number of hydrogen-bond acceptors (Lipinski definition) is 5. The number of alkyl halides is 13. The molecule has 48 heavy (non-hydrogen) atoms. The smallest absolute Gasteiger partial charge is 0.460 e. The summed E-state index contributed by atoms with van der Waals surface area (Å²) in [6.45, 7) is -4.17. The molecule has 0 aliphatic rings. The molecule has 0 aliphatic heterocycles. The van der Waals surface area contributed by atoms with Crippen molar-refractivity contribution in [1.82, 2.24) is 4.90 Å². The Bertz CT molecular complexity index is 1360. The van der Waals surface area contributed by atoms with Crippen LogP contribution in [0.15, 0.2) is 54.6 Å². The number of amides is 1. The minimum Gasteiger partial charge on any atom is -0.492 e. The van der Waals surface area contributed by atoms with E-state index >= 15 is 0 Å². The minimum absolute atomic E-state index is 0.0769. The third kappa shape index (κ3) is 8.73. The molecule has 1 atom stereocenters. The molecule has 1 amide bonds. The van der Waals surface area contributed by atoms with Gasteiger partial charge < -0.3 is 19.3 Å². The number of hydrogen-bond donors (Lipinski definition) is 1. The highest BCUT2D eigenvalue weighted by Crippen LogP contribution is 2.60. The molecule has 0 aliphatic carbocycles. The van der Waals surface area contributed by atoms with Crippen LogP contribution in [0.1, 0.15) is 18.1 Å². The maximum atomic E-state index is 14.7. The van der Waals surface area contributed by atoms with Gasteiger partial charge in [0.15, 0.2) is 6.10 Å². The summed E-state index contributed by atoms with van der Waals surface area (Å²) in [5.41, 5.74) is 0.597. The molecular formula is C28H26F13NO6. The van der Waals surface area contributed by atoms with E-state index in [9.17, 15) is 66.7 Å². The van der Waals surface area contributed by atoms with Crippen molar-refractivity contribution in [3.63, 3.8) is 0 Å². The van der Waals surface area contributed by atoms with Crippen LogP contribution in [0.2, 0.25) is 0 Å². The Morgan fingerprint density at radius 1 is 0.750 bits per heavy atom.